The van der Waals surface area contributed by atoms with Crippen LogP contribution in [0.15, 0.2) is 12.2 Å². The second-order valence-electron chi connectivity index (χ2n) is 5.48. The van der Waals surface area contributed by atoms with Gasteiger partial charge in [-0.3, -0.25) is 0 Å². The summed E-state index contributed by atoms with van der Waals surface area (Å²) in [6, 6.07) is 1.55. The molecule has 1 nitrogen and oxygen atoms in total. The van der Waals surface area contributed by atoms with Gasteiger partial charge in [0.15, 0.2) is 0 Å². The minimum Gasteiger partial charge on any atom is -0.308 e. The van der Waals surface area contributed by atoms with Gasteiger partial charge in [0, 0.05) is 22.6 Å². The van der Waals surface area contributed by atoms with Crippen LogP contribution in [0.1, 0.15) is 26.7 Å². The van der Waals surface area contributed by atoms with Gasteiger partial charge in [-0.2, -0.15) is 11.8 Å². The molecule has 4 atom stereocenters. The fourth-order valence-electron chi connectivity index (χ4n) is 2.91. The quantitative estimate of drug-likeness (QED) is 0.701. The molecule has 3 rings (SSSR count). The smallest absolute Gasteiger partial charge is 0.0303 e. The number of fused-ring (bicyclic) bond motifs is 1. The van der Waals surface area contributed by atoms with Gasteiger partial charge in [-0.1, -0.05) is 12.2 Å². The van der Waals surface area contributed by atoms with E-state index in [0.29, 0.717) is 4.75 Å². The van der Waals surface area contributed by atoms with Crippen LogP contribution in [0.2, 0.25) is 0 Å². The van der Waals surface area contributed by atoms with Crippen molar-refractivity contribution >= 4 is 11.8 Å². The van der Waals surface area contributed by atoms with Crippen molar-refractivity contribution in [2.75, 3.05) is 5.75 Å². The second-order valence-corrected chi connectivity index (χ2v) is 7.15. The van der Waals surface area contributed by atoms with E-state index in [1.165, 1.54) is 18.6 Å². The lowest BCUT2D eigenvalue weighted by Gasteiger charge is -2.50. The topological polar surface area (TPSA) is 12.0 Å². The Morgan fingerprint density at radius 3 is 2.86 bits per heavy atom. The molecule has 1 N–H and O–H groups in total. The van der Waals surface area contributed by atoms with Crippen molar-refractivity contribution in [3.05, 3.63) is 12.2 Å². The lowest BCUT2D eigenvalue weighted by Crippen LogP contribution is -2.62. The SMILES string of the molecule is CC1(C)SCC1NC1CC2CC=CC21. The molecule has 0 aromatic rings. The monoisotopic (exact) mass is 209 g/mol. The van der Waals surface area contributed by atoms with Crippen molar-refractivity contribution in [2.24, 2.45) is 11.8 Å². The average Bonchev–Trinajstić information content (AvgIpc) is 2.46. The third kappa shape index (κ3) is 1.27. The standard InChI is InChI=1S/C12H19NS/c1-12(2)11(7-14-12)13-10-6-8-4-3-5-9(8)10/h3,5,8-11,13H,4,6-7H2,1-2H3. The molecule has 1 aliphatic heterocycles. The van der Waals surface area contributed by atoms with E-state index in [1.54, 1.807) is 0 Å². The highest BCUT2D eigenvalue weighted by Gasteiger charge is 2.46. The molecule has 0 radical (unpaired) electrons. The van der Waals surface area contributed by atoms with Crippen LogP contribution in [-0.2, 0) is 0 Å². The second kappa shape index (κ2) is 3.02. The average molecular weight is 209 g/mol. The fourth-order valence-corrected chi connectivity index (χ4v) is 4.08. The Morgan fingerprint density at radius 2 is 2.29 bits per heavy atom. The number of rotatable bonds is 2. The molecule has 1 saturated heterocycles. The molecular formula is C12H19NS. The van der Waals surface area contributed by atoms with Gasteiger partial charge >= 0.3 is 0 Å². The first kappa shape index (κ1) is 9.29. The lowest BCUT2D eigenvalue weighted by atomic mass is 9.71. The summed E-state index contributed by atoms with van der Waals surface area (Å²) in [5, 5.41) is 3.84. The van der Waals surface area contributed by atoms with Gasteiger partial charge in [-0.15, -0.1) is 0 Å². The fraction of sp³-hybridized carbons (Fsp3) is 0.833. The maximum absolute atomic E-state index is 3.84. The number of hydrogen-bond acceptors (Lipinski definition) is 2. The zero-order chi connectivity index (χ0) is 9.76. The van der Waals surface area contributed by atoms with Crippen molar-refractivity contribution in [1.82, 2.24) is 5.32 Å². The van der Waals surface area contributed by atoms with Crippen molar-refractivity contribution in [3.8, 4) is 0 Å². The largest absolute Gasteiger partial charge is 0.308 e. The molecule has 3 aliphatic rings. The van der Waals surface area contributed by atoms with E-state index in [1.807, 2.05) is 0 Å². The van der Waals surface area contributed by atoms with E-state index < -0.39 is 0 Å². The van der Waals surface area contributed by atoms with E-state index in [9.17, 15) is 0 Å². The van der Waals surface area contributed by atoms with Gasteiger partial charge in [0.05, 0.1) is 0 Å². The maximum Gasteiger partial charge on any atom is 0.0303 e. The zero-order valence-corrected chi connectivity index (χ0v) is 9.81. The summed E-state index contributed by atoms with van der Waals surface area (Å²) in [6.45, 7) is 4.72. The molecular weight excluding hydrogens is 190 g/mol. The van der Waals surface area contributed by atoms with E-state index in [4.69, 9.17) is 0 Å². The summed E-state index contributed by atoms with van der Waals surface area (Å²) in [7, 11) is 0. The van der Waals surface area contributed by atoms with Crippen molar-refractivity contribution in [3.63, 3.8) is 0 Å². The summed E-state index contributed by atoms with van der Waals surface area (Å²) in [5.41, 5.74) is 0. The highest BCUT2D eigenvalue weighted by atomic mass is 32.2. The molecule has 14 heavy (non-hydrogen) atoms. The van der Waals surface area contributed by atoms with Gasteiger partial charge < -0.3 is 5.32 Å². The van der Waals surface area contributed by atoms with Crippen LogP contribution in [-0.4, -0.2) is 22.6 Å². The summed E-state index contributed by atoms with van der Waals surface area (Å²) in [4.78, 5) is 0. The molecule has 1 saturated carbocycles. The minimum absolute atomic E-state index is 0.480. The third-order valence-electron chi connectivity index (χ3n) is 4.24. The van der Waals surface area contributed by atoms with Crippen LogP contribution in [0.4, 0.5) is 0 Å². The Kier molecular flexibility index (Phi) is 2.00. The summed E-state index contributed by atoms with van der Waals surface area (Å²) in [6.07, 6.45) is 7.56. The van der Waals surface area contributed by atoms with Crippen LogP contribution >= 0.6 is 11.8 Å². The van der Waals surface area contributed by atoms with Gasteiger partial charge in [-0.25, -0.2) is 0 Å². The van der Waals surface area contributed by atoms with Gasteiger partial charge in [-0.05, 0) is 38.5 Å². The first-order valence-electron chi connectivity index (χ1n) is 5.73. The van der Waals surface area contributed by atoms with Crippen LogP contribution in [0.5, 0.6) is 0 Å². The van der Waals surface area contributed by atoms with Crippen molar-refractivity contribution in [1.29, 1.82) is 0 Å². The first-order valence-corrected chi connectivity index (χ1v) is 6.72. The van der Waals surface area contributed by atoms with Gasteiger partial charge in [0.25, 0.3) is 0 Å². The third-order valence-corrected chi connectivity index (χ3v) is 5.77. The summed E-state index contributed by atoms with van der Waals surface area (Å²) in [5.74, 6) is 3.17. The molecule has 2 heteroatoms. The molecule has 2 fully saturated rings. The number of allylic oxidation sites excluding steroid dienone is 1. The van der Waals surface area contributed by atoms with E-state index >= 15 is 0 Å². The van der Waals surface area contributed by atoms with Crippen molar-refractivity contribution in [2.45, 2.75) is 43.5 Å². The first-order chi connectivity index (χ1) is 6.67. The molecule has 0 amide bonds. The van der Waals surface area contributed by atoms with Crippen LogP contribution in [0, 0.1) is 11.8 Å². The Labute approximate surface area is 90.7 Å². The summed E-state index contributed by atoms with van der Waals surface area (Å²) < 4.78 is 0.480. The molecule has 78 valence electrons. The molecule has 4 unspecified atom stereocenters. The minimum atomic E-state index is 0.480. The van der Waals surface area contributed by atoms with Crippen LogP contribution in [0.3, 0.4) is 0 Å². The summed E-state index contributed by atoms with van der Waals surface area (Å²) >= 11 is 2.09. The highest BCUT2D eigenvalue weighted by Crippen LogP contribution is 2.46. The molecule has 0 bridgehead atoms. The lowest BCUT2D eigenvalue weighted by molar-refractivity contribution is 0.144. The Balaban J connectivity index is 1.57. The highest BCUT2D eigenvalue weighted by molar-refractivity contribution is 8.02. The van der Waals surface area contributed by atoms with E-state index in [-0.39, 0.29) is 0 Å². The molecule has 0 aromatic carbocycles. The number of nitrogens with one attached hydrogen (secondary N) is 1. The van der Waals surface area contributed by atoms with Crippen LogP contribution in [0.25, 0.3) is 0 Å². The van der Waals surface area contributed by atoms with E-state index in [0.717, 1.165) is 23.9 Å². The molecule has 1 heterocycles. The molecule has 2 aliphatic carbocycles. The van der Waals surface area contributed by atoms with Crippen LogP contribution < -0.4 is 5.32 Å². The molecule has 0 spiro atoms. The number of thioether (sulfide) groups is 1. The normalized spacial score (nSPS) is 48.1. The predicted octanol–water partition coefficient (Wildman–Crippen LogP) is 2.43. The number of hydrogen-bond donors (Lipinski definition) is 1. The Morgan fingerprint density at radius 1 is 1.43 bits per heavy atom. The van der Waals surface area contributed by atoms with Gasteiger partial charge in [0.2, 0.25) is 0 Å². The molecule has 0 aromatic heterocycles. The zero-order valence-electron chi connectivity index (χ0n) is 8.99. The Bertz CT molecular complexity index is 271. The predicted molar refractivity (Wildman–Crippen MR) is 62.6 cm³/mol. The Hall–Kier alpha value is 0.0500. The maximum atomic E-state index is 3.84. The van der Waals surface area contributed by atoms with Crippen molar-refractivity contribution < 1.29 is 0 Å². The van der Waals surface area contributed by atoms with E-state index in [2.05, 4.69) is 43.1 Å². The van der Waals surface area contributed by atoms with Gasteiger partial charge in [0.1, 0.15) is 0 Å².